The number of rotatable bonds is 4. The van der Waals surface area contributed by atoms with Crippen LogP contribution < -0.4 is 14.2 Å². The smallest absolute Gasteiger partial charge is 0.387 e. The lowest BCUT2D eigenvalue weighted by molar-refractivity contribution is -0.0505. The molecule has 2 aliphatic rings. The van der Waals surface area contributed by atoms with Crippen molar-refractivity contribution in [3.05, 3.63) is 52.6 Å². The molecule has 0 saturated carbocycles. The van der Waals surface area contributed by atoms with Crippen LogP contribution >= 0.6 is 12.4 Å². The highest BCUT2D eigenvalue weighted by molar-refractivity contribution is 7.89. The van der Waals surface area contributed by atoms with Gasteiger partial charge in [0.1, 0.15) is 5.75 Å². The summed E-state index contributed by atoms with van der Waals surface area (Å²) in [4.78, 5) is 16.6. The molecule has 3 aromatic rings. The van der Waals surface area contributed by atoms with Crippen molar-refractivity contribution >= 4 is 24.0 Å². The number of halogens is 4. The molecular weight excluding hydrogens is 416 g/mol. The molecule has 3 heterocycles. The summed E-state index contributed by atoms with van der Waals surface area (Å²) < 4.78 is 62.7. The second kappa shape index (κ2) is 6.51. The van der Waals surface area contributed by atoms with Gasteiger partial charge in [-0.3, -0.25) is 4.79 Å². The fourth-order valence-electron chi connectivity index (χ4n) is 4.04. The summed E-state index contributed by atoms with van der Waals surface area (Å²) in [7, 11) is 0. The number of hydrogen-bond donors (Lipinski definition) is 1. The average molecular weight is 426 g/mol. The van der Waals surface area contributed by atoms with Gasteiger partial charge in [0.05, 0.1) is 17.9 Å². The van der Waals surface area contributed by atoms with Crippen molar-refractivity contribution in [1.82, 2.24) is 19.9 Å². The van der Waals surface area contributed by atoms with Crippen LogP contribution in [0, 0.1) is 5.82 Å². The Morgan fingerprint density at radius 3 is 2.90 bits per heavy atom. The average Bonchev–Trinajstić information content (AvgIpc) is 3.14. The number of aromatic nitrogens is 3. The molecular formula is C17H10F4N4O3S. The predicted octanol–water partition coefficient (Wildman–Crippen LogP) is 3.70. The molecule has 0 saturated heterocycles. The third-order valence-electron chi connectivity index (χ3n) is 5.04. The van der Waals surface area contributed by atoms with Crippen LogP contribution in [0.1, 0.15) is 45.6 Å². The predicted molar refractivity (Wildman–Crippen MR) is 92.0 cm³/mol. The van der Waals surface area contributed by atoms with Crippen LogP contribution in [0.3, 0.4) is 0 Å². The van der Waals surface area contributed by atoms with E-state index in [-0.39, 0.29) is 22.5 Å². The van der Waals surface area contributed by atoms with E-state index in [1.54, 1.807) is 0 Å². The molecule has 29 heavy (non-hydrogen) atoms. The Morgan fingerprint density at radius 1 is 1.31 bits per heavy atom. The van der Waals surface area contributed by atoms with Crippen molar-refractivity contribution in [2.24, 2.45) is 0 Å². The van der Waals surface area contributed by atoms with Gasteiger partial charge in [-0.15, -0.1) is 3.89 Å². The highest BCUT2D eigenvalue weighted by atomic mass is 32.2. The van der Waals surface area contributed by atoms with Crippen LogP contribution in [0.4, 0.5) is 17.1 Å². The third-order valence-corrected chi connectivity index (χ3v) is 5.26. The molecule has 1 aromatic carbocycles. The molecule has 150 valence electrons. The van der Waals surface area contributed by atoms with Crippen LogP contribution in [0.15, 0.2) is 24.4 Å². The molecule has 0 fully saturated rings. The minimum atomic E-state index is -3.08. The summed E-state index contributed by atoms with van der Waals surface area (Å²) >= 11 is -0.558. The van der Waals surface area contributed by atoms with Crippen molar-refractivity contribution in [2.75, 3.05) is 0 Å². The zero-order chi connectivity index (χ0) is 20.3. The van der Waals surface area contributed by atoms with Gasteiger partial charge in [0.15, 0.2) is 5.65 Å². The topological polar surface area (TPSA) is 77.8 Å². The normalized spacial score (nSPS) is 19.7. The molecule has 2 atom stereocenters. The van der Waals surface area contributed by atoms with Crippen LogP contribution in [0.25, 0.3) is 5.65 Å². The maximum Gasteiger partial charge on any atom is 0.387 e. The maximum absolute atomic E-state index is 14.0. The third kappa shape index (κ3) is 2.69. The molecule has 12 heteroatoms. The van der Waals surface area contributed by atoms with Crippen molar-refractivity contribution in [2.45, 2.75) is 25.0 Å². The Hall–Kier alpha value is -3.02. The van der Waals surface area contributed by atoms with E-state index in [2.05, 4.69) is 24.3 Å². The fraction of sp³-hybridized carbons (Fsp3) is 0.235. The van der Waals surface area contributed by atoms with Gasteiger partial charge in [0, 0.05) is 22.6 Å². The van der Waals surface area contributed by atoms with Crippen LogP contribution in [-0.4, -0.2) is 27.1 Å². The number of hydrogen-bond acceptors (Lipinski definition) is 6. The van der Waals surface area contributed by atoms with E-state index >= 15 is 0 Å². The van der Waals surface area contributed by atoms with E-state index in [9.17, 15) is 21.9 Å². The number of carbonyl (C=O) groups excluding carboxylic acids is 1. The monoisotopic (exact) mass is 426 g/mol. The first-order chi connectivity index (χ1) is 14.0. The van der Waals surface area contributed by atoms with E-state index in [0.717, 1.165) is 10.7 Å². The molecule has 1 aliphatic carbocycles. The molecule has 1 aliphatic heterocycles. The van der Waals surface area contributed by atoms with E-state index in [1.807, 2.05) is 0 Å². The lowest BCUT2D eigenvalue weighted by Crippen LogP contribution is -2.27. The van der Waals surface area contributed by atoms with Gasteiger partial charge in [-0.05, 0) is 18.6 Å². The molecule has 1 N–H and O–H groups in total. The first-order valence-electron chi connectivity index (χ1n) is 8.40. The zero-order valence-electron chi connectivity index (χ0n) is 14.2. The fourth-order valence-corrected chi connectivity index (χ4v) is 4.22. The Kier molecular flexibility index (Phi) is 4.05. The lowest BCUT2D eigenvalue weighted by Gasteiger charge is -2.18. The molecule has 0 radical (unpaired) electrons. The molecule has 7 nitrogen and oxygen atoms in total. The summed E-state index contributed by atoms with van der Waals surface area (Å²) in [6.07, 6.45) is 1.31. The Morgan fingerprint density at radius 2 is 2.14 bits per heavy atom. The van der Waals surface area contributed by atoms with E-state index in [1.165, 1.54) is 18.2 Å². The number of amides is 1. The van der Waals surface area contributed by atoms with Gasteiger partial charge in [-0.1, -0.05) is 6.07 Å². The van der Waals surface area contributed by atoms with Gasteiger partial charge in [0.25, 0.3) is 24.2 Å². The van der Waals surface area contributed by atoms with Crippen molar-refractivity contribution in [3.8, 4) is 11.6 Å². The van der Waals surface area contributed by atoms with E-state index in [0.29, 0.717) is 17.7 Å². The Bertz CT molecular complexity index is 1160. The Balaban J connectivity index is 1.76. The summed E-state index contributed by atoms with van der Waals surface area (Å²) in [5.74, 6) is -2.66. The van der Waals surface area contributed by atoms with Gasteiger partial charge in [-0.25, -0.2) is 4.52 Å². The SMILES string of the molecule is O=C1NC2CC(c3c(OC(F)F)cccc31)c1c2nn2cc(F)c(OSF)nc12. The van der Waals surface area contributed by atoms with Crippen molar-refractivity contribution in [3.63, 3.8) is 0 Å². The second-order valence-electron chi connectivity index (χ2n) is 6.52. The minimum absolute atomic E-state index is 0.136. The highest BCUT2D eigenvalue weighted by Crippen LogP contribution is 2.51. The molecule has 2 unspecified atom stereocenters. The van der Waals surface area contributed by atoms with Gasteiger partial charge >= 0.3 is 6.61 Å². The standard InChI is InChI=1S/C17H10F4N4O3S/c18-8-5-25-14(23-16(8)28-29-21)12-7-4-9(13(12)24-25)22-15(26)6-2-1-3-10(11(6)7)27-17(19)20/h1-3,5,7,9,17H,4H2,(H,22,26). The largest absolute Gasteiger partial charge is 0.434 e. The second-order valence-corrected chi connectivity index (χ2v) is 6.81. The Labute approximate surface area is 164 Å². The maximum atomic E-state index is 14.0. The highest BCUT2D eigenvalue weighted by Gasteiger charge is 2.44. The molecule has 2 bridgehead atoms. The number of nitrogens with one attached hydrogen (secondary N) is 1. The zero-order valence-corrected chi connectivity index (χ0v) is 15.1. The van der Waals surface area contributed by atoms with Crippen LogP contribution in [0.2, 0.25) is 0 Å². The number of benzene rings is 1. The van der Waals surface area contributed by atoms with Crippen molar-refractivity contribution < 1.29 is 30.8 Å². The number of fused-ring (bicyclic) bond motifs is 9. The van der Waals surface area contributed by atoms with E-state index < -0.39 is 48.6 Å². The van der Waals surface area contributed by atoms with Gasteiger partial charge in [0.2, 0.25) is 5.82 Å². The molecule has 5 rings (SSSR count). The number of carbonyl (C=O) groups is 1. The quantitative estimate of drug-likeness (QED) is 0.507. The summed E-state index contributed by atoms with van der Waals surface area (Å²) in [6.45, 7) is -3.08. The summed E-state index contributed by atoms with van der Waals surface area (Å²) in [5.41, 5.74) is 1.58. The molecule has 2 aromatic heterocycles. The first-order valence-corrected chi connectivity index (χ1v) is 9.04. The number of alkyl halides is 2. The molecule has 1 amide bonds. The first kappa shape index (κ1) is 18.0. The molecule has 0 spiro atoms. The summed E-state index contributed by atoms with van der Waals surface area (Å²) in [5, 5.41) is 7.10. The summed E-state index contributed by atoms with van der Waals surface area (Å²) in [6, 6.07) is 3.78. The van der Waals surface area contributed by atoms with Crippen LogP contribution in [0.5, 0.6) is 11.6 Å². The number of ether oxygens (including phenoxy) is 1. The van der Waals surface area contributed by atoms with Gasteiger partial charge < -0.3 is 14.2 Å². The number of nitrogens with zero attached hydrogens (tertiary/aromatic N) is 3. The minimum Gasteiger partial charge on any atom is -0.434 e. The van der Waals surface area contributed by atoms with Crippen molar-refractivity contribution in [1.29, 1.82) is 0 Å². The lowest BCUT2D eigenvalue weighted by atomic mass is 9.89. The van der Waals surface area contributed by atoms with E-state index in [4.69, 9.17) is 0 Å². The van der Waals surface area contributed by atoms with Crippen LogP contribution in [-0.2, 0) is 0 Å². The van der Waals surface area contributed by atoms with Gasteiger partial charge in [-0.2, -0.15) is 23.3 Å².